The van der Waals surface area contributed by atoms with Gasteiger partial charge in [-0.25, -0.2) is 4.79 Å². The molecule has 5 N–H and O–H groups in total. The van der Waals surface area contributed by atoms with Gasteiger partial charge < -0.3 is 21.5 Å². The van der Waals surface area contributed by atoms with Crippen LogP contribution < -0.4 is 11.5 Å². The Morgan fingerprint density at radius 1 is 1.37 bits per heavy atom. The summed E-state index contributed by atoms with van der Waals surface area (Å²) in [6.45, 7) is 0. The molecule has 0 aromatic heterocycles. The number of nitrogens with zero attached hydrogens (tertiary/aromatic N) is 1. The fourth-order valence-electron chi connectivity index (χ4n) is 2.24. The maximum Gasteiger partial charge on any atom is 0.327 e. The molecule has 1 saturated heterocycles. The van der Waals surface area contributed by atoms with Gasteiger partial charge >= 0.3 is 5.97 Å². The molecule has 1 aliphatic carbocycles. The number of nitrogens with two attached hydrogens (primary N) is 2. The SMILES string of the molecule is NC(=O)CC(N)C(=O)N1C(C(=O)O)CSC1C1CC1. The summed E-state index contributed by atoms with van der Waals surface area (Å²) in [6, 6.07) is -1.92. The molecule has 2 amide bonds. The predicted molar refractivity (Wildman–Crippen MR) is 69.0 cm³/mol. The molecule has 0 aromatic rings. The average molecular weight is 287 g/mol. The van der Waals surface area contributed by atoms with Crippen molar-refractivity contribution in [3.05, 3.63) is 0 Å². The second-order valence-electron chi connectivity index (χ2n) is 4.94. The van der Waals surface area contributed by atoms with E-state index in [0.717, 1.165) is 12.8 Å². The van der Waals surface area contributed by atoms with Crippen LogP contribution in [0.4, 0.5) is 0 Å². The molecule has 8 heteroatoms. The topological polar surface area (TPSA) is 127 Å². The number of carboxylic acids is 1. The molecular formula is C11H17N3O4S. The Hall–Kier alpha value is -1.28. The first-order chi connectivity index (χ1) is 8.91. The van der Waals surface area contributed by atoms with E-state index in [1.807, 2.05) is 0 Å². The van der Waals surface area contributed by atoms with E-state index in [1.165, 1.54) is 16.7 Å². The summed E-state index contributed by atoms with van der Waals surface area (Å²) in [7, 11) is 0. The molecule has 0 radical (unpaired) electrons. The quantitative estimate of drug-likeness (QED) is 0.592. The highest BCUT2D eigenvalue weighted by Gasteiger charge is 2.48. The van der Waals surface area contributed by atoms with Gasteiger partial charge in [-0.05, 0) is 18.8 Å². The minimum atomic E-state index is -1.06. The highest BCUT2D eigenvalue weighted by Crippen LogP contribution is 2.45. The molecule has 1 saturated carbocycles. The molecule has 106 valence electrons. The highest BCUT2D eigenvalue weighted by atomic mass is 32.2. The first-order valence-electron chi connectivity index (χ1n) is 6.12. The normalized spacial score (nSPS) is 28.2. The lowest BCUT2D eigenvalue weighted by Gasteiger charge is -2.29. The maximum absolute atomic E-state index is 12.3. The zero-order valence-electron chi connectivity index (χ0n) is 10.3. The Kier molecular flexibility index (Phi) is 4.00. The fraction of sp³-hybridized carbons (Fsp3) is 0.727. The van der Waals surface area contributed by atoms with Crippen LogP contribution in [0.2, 0.25) is 0 Å². The molecule has 19 heavy (non-hydrogen) atoms. The largest absolute Gasteiger partial charge is 0.480 e. The van der Waals surface area contributed by atoms with Crippen LogP contribution in [0.3, 0.4) is 0 Å². The minimum absolute atomic E-state index is 0.132. The van der Waals surface area contributed by atoms with E-state index in [4.69, 9.17) is 11.5 Å². The standard InChI is InChI=1S/C11H17N3O4S/c12-6(3-8(13)15)9(16)14-7(11(17)18)4-19-10(14)5-1-2-5/h5-7,10H,1-4,12H2,(H2,13,15)(H,17,18). The molecule has 0 bridgehead atoms. The van der Waals surface area contributed by atoms with Crippen molar-refractivity contribution in [1.29, 1.82) is 0 Å². The van der Waals surface area contributed by atoms with Crippen molar-refractivity contribution in [3.8, 4) is 0 Å². The summed E-state index contributed by atoms with van der Waals surface area (Å²) in [5, 5.41) is 9.04. The lowest BCUT2D eigenvalue weighted by molar-refractivity contribution is -0.150. The van der Waals surface area contributed by atoms with Gasteiger partial charge in [0.05, 0.1) is 17.8 Å². The zero-order valence-corrected chi connectivity index (χ0v) is 11.1. The van der Waals surface area contributed by atoms with Crippen molar-refractivity contribution in [1.82, 2.24) is 4.90 Å². The summed E-state index contributed by atoms with van der Waals surface area (Å²) in [5.41, 5.74) is 10.7. The lowest BCUT2D eigenvalue weighted by Crippen LogP contribution is -2.53. The van der Waals surface area contributed by atoms with Crippen molar-refractivity contribution < 1.29 is 19.5 Å². The van der Waals surface area contributed by atoms with Crippen LogP contribution in [0, 0.1) is 5.92 Å². The van der Waals surface area contributed by atoms with Gasteiger partial charge in [-0.3, -0.25) is 9.59 Å². The molecule has 3 unspecified atom stereocenters. The van der Waals surface area contributed by atoms with Crippen LogP contribution in [-0.4, -0.2) is 51.0 Å². The van der Waals surface area contributed by atoms with Crippen molar-refractivity contribution in [3.63, 3.8) is 0 Å². The lowest BCUT2D eigenvalue weighted by atomic mass is 10.1. The first kappa shape index (κ1) is 14.1. The van der Waals surface area contributed by atoms with Crippen LogP contribution in [0.15, 0.2) is 0 Å². The Balaban J connectivity index is 2.13. The summed E-state index contributed by atoms with van der Waals surface area (Å²) >= 11 is 1.47. The van der Waals surface area contributed by atoms with Gasteiger partial charge in [-0.2, -0.15) is 0 Å². The molecule has 0 spiro atoms. The minimum Gasteiger partial charge on any atom is -0.480 e. The Morgan fingerprint density at radius 2 is 2.00 bits per heavy atom. The number of hydrogen-bond donors (Lipinski definition) is 3. The summed E-state index contributed by atoms with van der Waals surface area (Å²) in [4.78, 5) is 35.6. The van der Waals surface area contributed by atoms with E-state index >= 15 is 0 Å². The first-order valence-corrected chi connectivity index (χ1v) is 7.17. The maximum atomic E-state index is 12.3. The van der Waals surface area contributed by atoms with Crippen LogP contribution >= 0.6 is 11.8 Å². The highest BCUT2D eigenvalue weighted by molar-refractivity contribution is 8.00. The third kappa shape index (κ3) is 3.01. The Bertz CT molecular complexity index is 413. The van der Waals surface area contributed by atoms with Crippen LogP contribution in [-0.2, 0) is 14.4 Å². The number of amides is 2. The van der Waals surface area contributed by atoms with E-state index < -0.39 is 29.9 Å². The van der Waals surface area contributed by atoms with Crippen molar-refractivity contribution >= 4 is 29.5 Å². The molecule has 2 rings (SSSR count). The smallest absolute Gasteiger partial charge is 0.327 e. The number of primary amides is 1. The second kappa shape index (κ2) is 5.38. The van der Waals surface area contributed by atoms with E-state index in [9.17, 15) is 19.5 Å². The van der Waals surface area contributed by atoms with Gasteiger partial charge in [0.25, 0.3) is 0 Å². The average Bonchev–Trinajstić information content (AvgIpc) is 3.05. The zero-order chi connectivity index (χ0) is 14.2. The molecule has 1 aliphatic heterocycles. The van der Waals surface area contributed by atoms with Crippen molar-refractivity contribution in [2.45, 2.75) is 36.7 Å². The molecule has 0 aromatic carbocycles. The molecule has 2 aliphatic rings. The van der Waals surface area contributed by atoms with Gasteiger partial charge in [0.15, 0.2) is 0 Å². The number of thioether (sulfide) groups is 1. The Morgan fingerprint density at radius 3 is 2.47 bits per heavy atom. The van der Waals surface area contributed by atoms with Gasteiger partial charge in [-0.15, -0.1) is 11.8 Å². The van der Waals surface area contributed by atoms with E-state index in [1.54, 1.807) is 0 Å². The van der Waals surface area contributed by atoms with Crippen LogP contribution in [0.5, 0.6) is 0 Å². The number of carboxylic acid groups (broad SMARTS) is 1. The third-order valence-electron chi connectivity index (χ3n) is 3.34. The molecule has 2 fully saturated rings. The molecule has 7 nitrogen and oxygen atoms in total. The van der Waals surface area contributed by atoms with Gasteiger partial charge in [0, 0.05) is 5.75 Å². The third-order valence-corrected chi connectivity index (χ3v) is 4.80. The number of rotatable bonds is 5. The summed E-state index contributed by atoms with van der Waals surface area (Å²) < 4.78 is 0. The van der Waals surface area contributed by atoms with Crippen molar-refractivity contribution in [2.75, 3.05) is 5.75 Å². The number of aliphatic carboxylic acids is 1. The van der Waals surface area contributed by atoms with Gasteiger partial charge in [0.1, 0.15) is 6.04 Å². The second-order valence-corrected chi connectivity index (χ2v) is 6.09. The number of carbonyl (C=O) groups is 3. The fourth-order valence-corrected chi connectivity index (χ4v) is 3.88. The van der Waals surface area contributed by atoms with Crippen LogP contribution in [0.25, 0.3) is 0 Å². The van der Waals surface area contributed by atoms with Gasteiger partial charge in [-0.1, -0.05) is 0 Å². The molecule has 1 heterocycles. The predicted octanol–water partition coefficient (Wildman–Crippen LogP) is -1.05. The number of carbonyl (C=O) groups excluding carboxylic acids is 2. The molecular weight excluding hydrogens is 270 g/mol. The summed E-state index contributed by atoms with van der Waals surface area (Å²) in [5.74, 6) is -1.48. The van der Waals surface area contributed by atoms with E-state index in [-0.39, 0.29) is 11.8 Å². The summed E-state index contributed by atoms with van der Waals surface area (Å²) in [6.07, 6.45) is 1.74. The van der Waals surface area contributed by atoms with Crippen molar-refractivity contribution in [2.24, 2.45) is 17.4 Å². The monoisotopic (exact) mass is 287 g/mol. The van der Waals surface area contributed by atoms with E-state index in [2.05, 4.69) is 0 Å². The van der Waals surface area contributed by atoms with E-state index in [0.29, 0.717) is 11.7 Å². The molecule has 3 atom stereocenters. The van der Waals surface area contributed by atoms with Gasteiger partial charge in [0.2, 0.25) is 11.8 Å². The van der Waals surface area contributed by atoms with Crippen LogP contribution in [0.1, 0.15) is 19.3 Å². The number of hydrogen-bond acceptors (Lipinski definition) is 5. The Labute approximate surface area is 114 Å².